The fourth-order valence-electron chi connectivity index (χ4n) is 2.27. The molecule has 0 radical (unpaired) electrons. The summed E-state index contributed by atoms with van der Waals surface area (Å²) in [5, 5.41) is 2.92. The minimum Gasteiger partial charge on any atom is -0.496 e. The van der Waals surface area contributed by atoms with E-state index in [0.29, 0.717) is 30.3 Å². The summed E-state index contributed by atoms with van der Waals surface area (Å²) >= 11 is 0. The van der Waals surface area contributed by atoms with E-state index < -0.39 is 0 Å². The van der Waals surface area contributed by atoms with E-state index in [1.165, 1.54) is 0 Å². The molecule has 1 aliphatic carbocycles. The molecule has 1 saturated carbocycles. The van der Waals surface area contributed by atoms with Gasteiger partial charge in [0.2, 0.25) is 5.91 Å². The SMILES string of the molecule is COc1cc(OC)c(OC)cc1CNC(=O)C1(CN)CC1. The molecule has 1 aromatic rings. The minimum atomic E-state index is -0.357. The summed E-state index contributed by atoms with van der Waals surface area (Å²) in [5.74, 6) is 1.83. The van der Waals surface area contributed by atoms with Gasteiger partial charge in [0.25, 0.3) is 0 Å². The number of nitrogens with two attached hydrogens (primary N) is 1. The van der Waals surface area contributed by atoms with Gasteiger partial charge in [0, 0.05) is 24.7 Å². The highest BCUT2D eigenvalue weighted by atomic mass is 16.5. The lowest BCUT2D eigenvalue weighted by Gasteiger charge is -2.16. The van der Waals surface area contributed by atoms with Crippen LogP contribution in [0.15, 0.2) is 12.1 Å². The van der Waals surface area contributed by atoms with Gasteiger partial charge in [-0.2, -0.15) is 0 Å². The number of amides is 1. The van der Waals surface area contributed by atoms with Gasteiger partial charge >= 0.3 is 0 Å². The Morgan fingerprint density at radius 2 is 1.71 bits per heavy atom. The summed E-state index contributed by atoms with van der Waals surface area (Å²) in [4.78, 5) is 12.1. The van der Waals surface area contributed by atoms with E-state index in [2.05, 4.69) is 5.32 Å². The maximum atomic E-state index is 12.1. The van der Waals surface area contributed by atoms with Gasteiger partial charge in [0.15, 0.2) is 11.5 Å². The lowest BCUT2D eigenvalue weighted by Crippen LogP contribution is -2.36. The predicted octanol–water partition coefficient (Wildman–Crippen LogP) is 1.07. The Kier molecular flexibility index (Phi) is 4.57. The smallest absolute Gasteiger partial charge is 0.227 e. The number of hydrogen-bond donors (Lipinski definition) is 2. The van der Waals surface area contributed by atoms with Crippen molar-refractivity contribution in [2.75, 3.05) is 27.9 Å². The normalized spacial score (nSPS) is 15.2. The second kappa shape index (κ2) is 6.22. The van der Waals surface area contributed by atoms with E-state index in [9.17, 15) is 4.79 Å². The molecule has 0 unspecified atom stereocenters. The zero-order valence-corrected chi connectivity index (χ0v) is 12.7. The van der Waals surface area contributed by atoms with Crippen LogP contribution in [0.1, 0.15) is 18.4 Å². The lowest BCUT2D eigenvalue weighted by molar-refractivity contribution is -0.126. The van der Waals surface area contributed by atoms with Crippen molar-refractivity contribution >= 4 is 5.91 Å². The number of carbonyl (C=O) groups excluding carboxylic acids is 1. The molecule has 1 aliphatic rings. The molecular formula is C15H22N2O4. The summed E-state index contributed by atoms with van der Waals surface area (Å²) in [5.41, 5.74) is 6.13. The molecule has 0 aromatic heterocycles. The highest BCUT2D eigenvalue weighted by Crippen LogP contribution is 2.44. The van der Waals surface area contributed by atoms with Gasteiger partial charge in [-0.3, -0.25) is 4.79 Å². The van der Waals surface area contributed by atoms with Crippen LogP contribution < -0.4 is 25.3 Å². The zero-order chi connectivity index (χ0) is 15.5. The first kappa shape index (κ1) is 15.4. The fourth-order valence-corrected chi connectivity index (χ4v) is 2.27. The third-order valence-electron chi connectivity index (χ3n) is 3.95. The Bertz CT molecular complexity index is 527. The van der Waals surface area contributed by atoms with Crippen LogP contribution in [-0.2, 0) is 11.3 Å². The van der Waals surface area contributed by atoms with E-state index >= 15 is 0 Å². The second-order valence-electron chi connectivity index (χ2n) is 5.19. The highest BCUT2D eigenvalue weighted by molar-refractivity contribution is 5.85. The summed E-state index contributed by atoms with van der Waals surface area (Å²) in [6.45, 7) is 0.756. The molecule has 1 amide bonds. The Labute approximate surface area is 124 Å². The fraction of sp³-hybridized carbons (Fsp3) is 0.533. The topological polar surface area (TPSA) is 82.8 Å². The second-order valence-corrected chi connectivity index (χ2v) is 5.19. The Morgan fingerprint density at radius 1 is 1.14 bits per heavy atom. The van der Waals surface area contributed by atoms with Crippen LogP contribution in [0.2, 0.25) is 0 Å². The molecule has 6 nitrogen and oxygen atoms in total. The lowest BCUT2D eigenvalue weighted by atomic mass is 10.1. The third-order valence-corrected chi connectivity index (χ3v) is 3.95. The van der Waals surface area contributed by atoms with E-state index in [0.717, 1.165) is 18.4 Å². The molecule has 0 bridgehead atoms. The number of hydrogen-bond acceptors (Lipinski definition) is 5. The maximum absolute atomic E-state index is 12.1. The van der Waals surface area contributed by atoms with Crippen molar-refractivity contribution in [3.8, 4) is 17.2 Å². The molecule has 2 rings (SSSR count). The summed E-state index contributed by atoms with van der Waals surface area (Å²) < 4.78 is 15.8. The molecule has 1 aromatic carbocycles. The van der Waals surface area contributed by atoms with E-state index in [4.69, 9.17) is 19.9 Å². The van der Waals surface area contributed by atoms with Crippen LogP contribution in [0, 0.1) is 5.41 Å². The van der Waals surface area contributed by atoms with Gasteiger partial charge in [-0.1, -0.05) is 0 Å². The predicted molar refractivity (Wildman–Crippen MR) is 78.7 cm³/mol. The molecule has 0 atom stereocenters. The maximum Gasteiger partial charge on any atom is 0.227 e. The summed E-state index contributed by atoms with van der Waals surface area (Å²) in [6.07, 6.45) is 1.72. The van der Waals surface area contributed by atoms with E-state index in [1.807, 2.05) is 0 Å². The van der Waals surface area contributed by atoms with Gasteiger partial charge in [-0.15, -0.1) is 0 Å². The zero-order valence-electron chi connectivity index (χ0n) is 12.7. The van der Waals surface area contributed by atoms with Gasteiger partial charge in [0.1, 0.15) is 5.75 Å². The van der Waals surface area contributed by atoms with Crippen molar-refractivity contribution < 1.29 is 19.0 Å². The van der Waals surface area contributed by atoms with Crippen molar-refractivity contribution in [1.29, 1.82) is 0 Å². The summed E-state index contributed by atoms with van der Waals surface area (Å²) in [6, 6.07) is 3.55. The summed E-state index contributed by atoms with van der Waals surface area (Å²) in [7, 11) is 4.71. The van der Waals surface area contributed by atoms with Gasteiger partial charge in [-0.05, 0) is 18.9 Å². The first-order valence-corrected chi connectivity index (χ1v) is 6.87. The minimum absolute atomic E-state index is 0.00170. The van der Waals surface area contributed by atoms with E-state index in [1.54, 1.807) is 33.5 Å². The average molecular weight is 294 g/mol. The van der Waals surface area contributed by atoms with Crippen LogP contribution in [0.4, 0.5) is 0 Å². The number of carbonyl (C=O) groups is 1. The molecule has 1 fully saturated rings. The average Bonchev–Trinajstić information content (AvgIpc) is 3.32. The number of rotatable bonds is 7. The number of ether oxygens (including phenoxy) is 3. The van der Waals surface area contributed by atoms with Crippen molar-refractivity contribution in [1.82, 2.24) is 5.32 Å². The largest absolute Gasteiger partial charge is 0.496 e. The van der Waals surface area contributed by atoms with Gasteiger partial charge in [-0.25, -0.2) is 0 Å². The quantitative estimate of drug-likeness (QED) is 0.786. The Hall–Kier alpha value is -1.95. The molecule has 0 aliphatic heterocycles. The molecule has 0 saturated heterocycles. The molecule has 0 spiro atoms. The third kappa shape index (κ3) is 3.05. The first-order valence-electron chi connectivity index (χ1n) is 6.87. The first-order chi connectivity index (χ1) is 10.1. The van der Waals surface area contributed by atoms with Crippen LogP contribution in [0.25, 0.3) is 0 Å². The van der Waals surface area contributed by atoms with Crippen molar-refractivity contribution in [3.63, 3.8) is 0 Å². The number of methoxy groups -OCH3 is 3. The molecule has 0 heterocycles. The molecule has 116 valence electrons. The highest BCUT2D eigenvalue weighted by Gasteiger charge is 2.48. The molecular weight excluding hydrogens is 272 g/mol. The van der Waals surface area contributed by atoms with Crippen molar-refractivity contribution in [2.45, 2.75) is 19.4 Å². The van der Waals surface area contributed by atoms with Crippen LogP contribution in [0.3, 0.4) is 0 Å². The van der Waals surface area contributed by atoms with Crippen LogP contribution in [-0.4, -0.2) is 33.8 Å². The Morgan fingerprint density at radius 3 is 2.19 bits per heavy atom. The van der Waals surface area contributed by atoms with E-state index in [-0.39, 0.29) is 11.3 Å². The molecule has 3 N–H and O–H groups in total. The van der Waals surface area contributed by atoms with Crippen molar-refractivity contribution in [2.24, 2.45) is 11.1 Å². The van der Waals surface area contributed by atoms with Crippen molar-refractivity contribution in [3.05, 3.63) is 17.7 Å². The number of nitrogens with one attached hydrogen (secondary N) is 1. The van der Waals surface area contributed by atoms with Crippen LogP contribution in [0.5, 0.6) is 17.2 Å². The van der Waals surface area contributed by atoms with Crippen LogP contribution >= 0.6 is 0 Å². The van der Waals surface area contributed by atoms with Gasteiger partial charge in [0.05, 0.1) is 26.7 Å². The monoisotopic (exact) mass is 294 g/mol. The standard InChI is InChI=1S/C15H22N2O4/c1-19-11-7-13(21-3)12(20-2)6-10(11)8-17-14(18)15(9-16)4-5-15/h6-7H,4-5,8-9,16H2,1-3H3,(H,17,18). The number of benzene rings is 1. The molecule has 21 heavy (non-hydrogen) atoms. The van der Waals surface area contributed by atoms with Gasteiger partial charge < -0.3 is 25.3 Å². The Balaban J connectivity index is 2.13. The molecule has 6 heteroatoms.